The highest BCUT2D eigenvalue weighted by molar-refractivity contribution is 7.92. The van der Waals surface area contributed by atoms with Crippen molar-refractivity contribution >= 4 is 36.7 Å². The van der Waals surface area contributed by atoms with Gasteiger partial charge in [0.15, 0.2) is 27.0 Å². The molecule has 4 heterocycles. The zero-order valence-corrected chi connectivity index (χ0v) is 26.2. The minimum Gasteiger partial charge on any atom is -0.549 e. The van der Waals surface area contributed by atoms with Gasteiger partial charge in [-0.1, -0.05) is 41.6 Å². The van der Waals surface area contributed by atoms with Gasteiger partial charge in [0.05, 0.1) is 22.0 Å². The molecular weight excluding hydrogens is 608 g/mol. The second-order valence-electron chi connectivity index (χ2n) is 11.8. The number of amides is 1. The first kappa shape index (κ1) is 23.8. The quantitative estimate of drug-likeness (QED) is 0.190. The van der Waals surface area contributed by atoms with Gasteiger partial charge in [0.2, 0.25) is 0 Å². The molecule has 0 spiro atoms. The Bertz CT molecular complexity index is 2170. The summed E-state index contributed by atoms with van der Waals surface area (Å²) in [5, 5.41) is 0.427. The molecule has 1 amide bonds. The molecule has 0 N–H and O–H groups in total. The molecule has 12 nitrogen and oxygen atoms in total. The van der Waals surface area contributed by atoms with Crippen molar-refractivity contribution in [2.75, 3.05) is 7.05 Å². The number of hydrogen-bond acceptors (Lipinski definition) is 11. The smallest absolute Gasteiger partial charge is 0.434 e. The van der Waals surface area contributed by atoms with Gasteiger partial charge in [-0.2, -0.15) is 0 Å². The van der Waals surface area contributed by atoms with Crippen LogP contribution >= 0.6 is 0 Å². The standard InChI is InChI=1S/C31H33B2N5O7S/c1-18(2)46(40,41)22-13-11-21(12-14-22)24-16-34-27(31(33-45-31)36-28-32-43-28)26(35-24)25-15-23(37-44-25)20-9-7-19(8-10-20)17-38(6)29(39)42-30(3,4)5/h7-16,18,32-33H,17H2,1-6H3/b36-28+/i1D3,2D3,18D. The number of carbonyl (C=O) groups excluding carboxylic acids is 1. The summed E-state index contributed by atoms with van der Waals surface area (Å²) in [6.45, 7) is -1.66. The lowest BCUT2D eigenvalue weighted by Gasteiger charge is -2.24. The Balaban J connectivity index is 1.31. The highest BCUT2D eigenvalue weighted by atomic mass is 32.2. The van der Waals surface area contributed by atoms with Crippen molar-refractivity contribution in [2.24, 2.45) is 4.99 Å². The number of nitrogens with zero attached hydrogens (tertiary/aromatic N) is 5. The normalized spacial score (nSPS) is 21.0. The van der Waals surface area contributed by atoms with Crippen molar-refractivity contribution in [3.05, 3.63) is 72.1 Å². The van der Waals surface area contributed by atoms with E-state index in [1.54, 1.807) is 33.9 Å². The van der Waals surface area contributed by atoms with E-state index < -0.39 is 51.0 Å². The Morgan fingerprint density at radius 2 is 1.78 bits per heavy atom. The van der Waals surface area contributed by atoms with E-state index in [0.29, 0.717) is 42.3 Å². The predicted molar refractivity (Wildman–Crippen MR) is 174 cm³/mol. The van der Waals surface area contributed by atoms with E-state index in [2.05, 4.69) is 15.1 Å². The van der Waals surface area contributed by atoms with Gasteiger partial charge in [-0.05, 0) is 52.2 Å². The molecule has 2 aromatic heterocycles. The van der Waals surface area contributed by atoms with Crippen molar-refractivity contribution < 1.29 is 41.4 Å². The van der Waals surface area contributed by atoms with Crippen LogP contribution in [-0.4, -0.2) is 73.2 Å². The van der Waals surface area contributed by atoms with E-state index in [-0.39, 0.29) is 24.6 Å². The van der Waals surface area contributed by atoms with Crippen molar-refractivity contribution in [2.45, 2.75) is 62.4 Å². The molecule has 46 heavy (non-hydrogen) atoms. The number of aliphatic imine (C=N–C) groups is 1. The maximum atomic E-state index is 13.3. The summed E-state index contributed by atoms with van der Waals surface area (Å²) >= 11 is 0. The number of aromatic nitrogens is 3. The topological polar surface area (TPSA) is 153 Å². The maximum absolute atomic E-state index is 13.3. The van der Waals surface area contributed by atoms with Gasteiger partial charge in [-0.25, -0.2) is 23.2 Å². The van der Waals surface area contributed by atoms with E-state index >= 15 is 0 Å². The monoisotopic (exact) mass is 648 g/mol. The first-order valence-corrected chi connectivity index (χ1v) is 15.6. The molecule has 2 aliphatic rings. The third-order valence-corrected chi connectivity index (χ3v) is 8.42. The van der Waals surface area contributed by atoms with Gasteiger partial charge in [0, 0.05) is 40.4 Å². The van der Waals surface area contributed by atoms with Crippen molar-refractivity contribution in [3.8, 4) is 34.0 Å². The number of sulfone groups is 1. The molecule has 0 bridgehead atoms. The Morgan fingerprint density at radius 1 is 1.13 bits per heavy atom. The van der Waals surface area contributed by atoms with Gasteiger partial charge in [0.1, 0.15) is 22.7 Å². The van der Waals surface area contributed by atoms with Crippen LogP contribution in [0, 0.1) is 0 Å². The molecule has 15 heteroatoms. The van der Waals surface area contributed by atoms with E-state index in [9.17, 15) is 13.2 Å². The van der Waals surface area contributed by atoms with Crippen LogP contribution in [0.1, 0.15) is 55.3 Å². The average molecular weight is 648 g/mol. The van der Waals surface area contributed by atoms with E-state index in [1.807, 2.05) is 24.3 Å². The summed E-state index contributed by atoms with van der Waals surface area (Å²) in [4.78, 5) is 27.1. The second-order valence-corrected chi connectivity index (χ2v) is 13.7. The van der Waals surface area contributed by atoms with Crippen LogP contribution in [-0.2, 0) is 36.1 Å². The minimum absolute atomic E-state index is 0.190. The van der Waals surface area contributed by atoms with E-state index in [0.717, 1.165) is 17.7 Å². The Labute approximate surface area is 278 Å². The first-order chi connectivity index (χ1) is 24.5. The summed E-state index contributed by atoms with van der Waals surface area (Å²) in [5.74, 6) is 0.685. The van der Waals surface area contributed by atoms with Crippen LogP contribution in [0.4, 0.5) is 4.79 Å². The lowest BCUT2D eigenvalue weighted by atomic mass is 9.91. The third-order valence-electron chi connectivity index (χ3n) is 6.99. The first-order valence-electron chi connectivity index (χ1n) is 17.6. The highest BCUT2D eigenvalue weighted by Gasteiger charge is 2.54. The number of hydrogen-bond donors (Lipinski definition) is 0. The average Bonchev–Trinajstić information content (AvgIpc) is 4.01. The molecule has 0 saturated carbocycles. The highest BCUT2D eigenvalue weighted by Crippen LogP contribution is 2.43. The van der Waals surface area contributed by atoms with Crippen molar-refractivity contribution in [1.82, 2.24) is 20.0 Å². The van der Waals surface area contributed by atoms with E-state index in [1.165, 1.54) is 23.2 Å². The summed E-state index contributed by atoms with van der Waals surface area (Å²) in [7, 11) is -3.03. The zero-order valence-electron chi connectivity index (χ0n) is 32.4. The summed E-state index contributed by atoms with van der Waals surface area (Å²) < 4.78 is 103. The molecule has 6 rings (SSSR count). The van der Waals surface area contributed by atoms with Crippen LogP contribution in [0.25, 0.3) is 34.0 Å². The lowest BCUT2D eigenvalue weighted by molar-refractivity contribution is 0.0285. The number of rotatable bonds is 9. The number of carbonyl (C=O) groups is 1. The largest absolute Gasteiger partial charge is 0.549 e. The molecule has 1 unspecified atom stereocenters. The second kappa shape index (κ2) is 11.7. The molecule has 2 saturated heterocycles. The fourth-order valence-corrected chi connectivity index (χ4v) is 5.24. The molecular formula is C31H33B2N5O7S. The summed E-state index contributed by atoms with van der Waals surface area (Å²) in [6, 6.07) is 13.6. The van der Waals surface area contributed by atoms with Crippen LogP contribution in [0.3, 0.4) is 0 Å². The van der Waals surface area contributed by atoms with Crippen LogP contribution in [0.2, 0.25) is 0 Å². The molecule has 0 aliphatic carbocycles. The molecule has 2 aromatic carbocycles. The molecule has 1 atom stereocenters. The number of benzene rings is 2. The minimum atomic E-state index is -5.22. The van der Waals surface area contributed by atoms with Gasteiger partial charge in [-0.15, -0.1) is 0 Å². The fourth-order valence-electron chi connectivity index (χ4n) is 4.51. The Kier molecular flexibility index (Phi) is 6.05. The molecule has 4 aromatic rings. The van der Waals surface area contributed by atoms with Crippen molar-refractivity contribution in [1.29, 1.82) is 0 Å². The van der Waals surface area contributed by atoms with Crippen LogP contribution < -0.4 is 0 Å². The zero-order chi connectivity index (χ0) is 38.8. The van der Waals surface area contributed by atoms with Crippen LogP contribution in [0.15, 0.2) is 75.2 Å². The predicted octanol–water partition coefficient (Wildman–Crippen LogP) is 4.24. The van der Waals surface area contributed by atoms with Gasteiger partial charge in [-0.3, -0.25) is 4.98 Å². The summed E-state index contributed by atoms with van der Waals surface area (Å²) in [5.41, 5.74) is 1.30. The SMILES string of the molecule is [2H]C([2H])([2H])C([2H])(C([2H])([2H])[2H])S(=O)(=O)c1ccc(-c2cnc(C3(/N=C4\BO4)BO3)c(-c3cc(-c4ccc(CN(C)C(=O)OC(C)(C)C)cc4)no3)n2)cc1. The Morgan fingerprint density at radius 3 is 2.39 bits per heavy atom. The fraction of sp³-hybridized carbons (Fsp3) is 0.323. The Hall–Kier alpha value is -4.49. The van der Waals surface area contributed by atoms with Gasteiger partial charge >= 0.3 is 21.1 Å². The van der Waals surface area contributed by atoms with Gasteiger partial charge in [0.25, 0.3) is 0 Å². The lowest BCUT2D eigenvalue weighted by Crippen LogP contribution is -2.33. The number of ether oxygens (including phenoxy) is 1. The van der Waals surface area contributed by atoms with Gasteiger partial charge < -0.3 is 23.5 Å². The van der Waals surface area contributed by atoms with E-state index in [4.69, 9.17) is 33.1 Å². The molecule has 0 radical (unpaired) electrons. The molecule has 2 aliphatic heterocycles. The maximum Gasteiger partial charge on any atom is 0.434 e. The van der Waals surface area contributed by atoms with Crippen molar-refractivity contribution in [3.63, 3.8) is 0 Å². The van der Waals surface area contributed by atoms with Crippen LogP contribution in [0.5, 0.6) is 0 Å². The molecule has 2 fully saturated rings. The third kappa shape index (κ3) is 6.70. The summed E-state index contributed by atoms with van der Waals surface area (Å²) in [6.07, 6.45) is 0.958. The molecule has 236 valence electrons.